The van der Waals surface area contributed by atoms with Crippen molar-refractivity contribution in [3.8, 4) is 0 Å². The summed E-state index contributed by atoms with van der Waals surface area (Å²) >= 11 is 0. The molecule has 1 aromatic rings. The van der Waals surface area contributed by atoms with Crippen LogP contribution in [0.4, 0.5) is 5.82 Å². The fraction of sp³-hybridized carbons (Fsp3) is 0.750. The second kappa shape index (κ2) is 5.68. The lowest BCUT2D eigenvalue weighted by atomic mass is 10.1. The van der Waals surface area contributed by atoms with Crippen molar-refractivity contribution in [3.05, 3.63) is 17.6 Å². The minimum absolute atomic E-state index is 0.701. The van der Waals surface area contributed by atoms with Gasteiger partial charge >= 0.3 is 0 Å². The van der Waals surface area contributed by atoms with Gasteiger partial charge in [-0.1, -0.05) is 13.3 Å². The fourth-order valence-electron chi connectivity index (χ4n) is 3.70. The number of aromatic nitrogens is 2. The van der Waals surface area contributed by atoms with Crippen molar-refractivity contribution in [1.29, 1.82) is 0 Å². The molecule has 2 fully saturated rings. The van der Waals surface area contributed by atoms with E-state index in [1.165, 1.54) is 30.6 Å². The van der Waals surface area contributed by atoms with Crippen LogP contribution in [-0.2, 0) is 6.42 Å². The van der Waals surface area contributed by atoms with E-state index < -0.39 is 0 Å². The maximum atomic E-state index is 4.76. The molecule has 0 amide bonds. The highest BCUT2D eigenvalue weighted by molar-refractivity contribution is 5.47. The van der Waals surface area contributed by atoms with Gasteiger partial charge in [0.25, 0.3) is 0 Å². The summed E-state index contributed by atoms with van der Waals surface area (Å²) in [5.74, 6) is 2.09. The van der Waals surface area contributed by atoms with Crippen LogP contribution >= 0.6 is 0 Å². The van der Waals surface area contributed by atoms with Gasteiger partial charge in [0.2, 0.25) is 0 Å². The Bertz CT molecular complexity index is 474. The first-order valence-electron chi connectivity index (χ1n) is 7.98. The molecule has 4 nitrogen and oxygen atoms in total. The van der Waals surface area contributed by atoms with Crippen molar-refractivity contribution in [1.82, 2.24) is 14.9 Å². The van der Waals surface area contributed by atoms with Crippen molar-refractivity contribution in [2.75, 3.05) is 25.0 Å². The lowest BCUT2D eigenvalue weighted by Crippen LogP contribution is -2.37. The van der Waals surface area contributed by atoms with Crippen molar-refractivity contribution >= 4 is 5.82 Å². The van der Waals surface area contributed by atoms with E-state index in [0.717, 1.165) is 37.8 Å². The zero-order valence-electron chi connectivity index (χ0n) is 13.0. The minimum atomic E-state index is 0.701. The molecule has 0 spiro atoms. The Morgan fingerprint density at radius 1 is 1.25 bits per heavy atom. The summed E-state index contributed by atoms with van der Waals surface area (Å²) in [4.78, 5) is 14.3. The maximum Gasteiger partial charge on any atom is 0.135 e. The molecule has 1 aromatic heterocycles. The molecule has 0 aliphatic carbocycles. The smallest absolute Gasteiger partial charge is 0.135 e. The third kappa shape index (κ3) is 2.53. The number of anilines is 1. The zero-order valence-corrected chi connectivity index (χ0v) is 13.0. The zero-order chi connectivity index (χ0) is 14.1. The second-order valence-corrected chi connectivity index (χ2v) is 6.30. The predicted molar refractivity (Wildman–Crippen MR) is 82.2 cm³/mol. The average Bonchev–Trinajstić information content (AvgIpc) is 2.66. The third-order valence-electron chi connectivity index (χ3n) is 4.93. The molecule has 0 N–H and O–H groups in total. The van der Waals surface area contributed by atoms with Gasteiger partial charge in [0, 0.05) is 36.9 Å². The molecule has 0 unspecified atom stereocenters. The van der Waals surface area contributed by atoms with Crippen LogP contribution in [0.3, 0.4) is 0 Å². The summed E-state index contributed by atoms with van der Waals surface area (Å²) in [6.45, 7) is 6.48. The van der Waals surface area contributed by atoms with Crippen LogP contribution < -0.4 is 4.90 Å². The molecule has 2 aliphatic heterocycles. The van der Waals surface area contributed by atoms with E-state index in [1.54, 1.807) is 0 Å². The van der Waals surface area contributed by atoms with Crippen LogP contribution in [0, 0.1) is 6.92 Å². The monoisotopic (exact) mass is 274 g/mol. The first-order valence-corrected chi connectivity index (χ1v) is 7.98. The molecule has 2 atom stereocenters. The summed E-state index contributed by atoms with van der Waals surface area (Å²) in [6.07, 6.45) is 8.25. The van der Waals surface area contributed by atoms with Gasteiger partial charge in [0.15, 0.2) is 0 Å². The van der Waals surface area contributed by atoms with E-state index in [0.29, 0.717) is 6.04 Å². The van der Waals surface area contributed by atoms with Crippen LogP contribution in [-0.4, -0.2) is 47.1 Å². The summed E-state index contributed by atoms with van der Waals surface area (Å²) in [7, 11) is 2.30. The third-order valence-corrected chi connectivity index (χ3v) is 4.93. The normalized spacial score (nSPS) is 26.9. The highest BCUT2D eigenvalue weighted by atomic mass is 15.3. The summed E-state index contributed by atoms with van der Waals surface area (Å²) in [5, 5.41) is 0. The van der Waals surface area contributed by atoms with Gasteiger partial charge in [-0.3, -0.25) is 4.90 Å². The van der Waals surface area contributed by atoms with Crippen LogP contribution in [0.25, 0.3) is 0 Å². The van der Waals surface area contributed by atoms with Gasteiger partial charge in [-0.05, 0) is 39.7 Å². The van der Waals surface area contributed by atoms with Gasteiger partial charge in [-0.15, -0.1) is 0 Å². The van der Waals surface area contributed by atoms with Gasteiger partial charge in [-0.2, -0.15) is 0 Å². The highest BCUT2D eigenvalue weighted by Gasteiger charge is 2.35. The summed E-state index contributed by atoms with van der Waals surface area (Å²) in [5.41, 5.74) is 1.32. The molecular weight excluding hydrogens is 248 g/mol. The fourth-order valence-corrected chi connectivity index (χ4v) is 3.70. The van der Waals surface area contributed by atoms with Crippen molar-refractivity contribution in [2.45, 2.75) is 58.0 Å². The van der Waals surface area contributed by atoms with Crippen LogP contribution in [0.5, 0.6) is 0 Å². The Labute approximate surface area is 122 Å². The molecular formula is C16H26N4. The highest BCUT2D eigenvalue weighted by Crippen LogP contribution is 2.31. The van der Waals surface area contributed by atoms with E-state index in [2.05, 4.69) is 28.8 Å². The van der Waals surface area contributed by atoms with Gasteiger partial charge in [0.1, 0.15) is 11.6 Å². The molecule has 3 rings (SSSR count). The standard InChI is InChI=1S/C16H26N4/c1-4-5-13-10-17-12(2)18-16(13)20-9-8-14-6-7-15(11-20)19(14)3/h10,14-15H,4-9,11H2,1-3H3/t14-,15+/m1/s1. The molecule has 0 aromatic carbocycles. The first-order chi connectivity index (χ1) is 9.69. The molecule has 110 valence electrons. The van der Waals surface area contributed by atoms with Crippen molar-refractivity contribution in [2.24, 2.45) is 0 Å². The second-order valence-electron chi connectivity index (χ2n) is 6.30. The maximum absolute atomic E-state index is 4.76. The van der Waals surface area contributed by atoms with Gasteiger partial charge < -0.3 is 4.90 Å². The van der Waals surface area contributed by atoms with E-state index in [4.69, 9.17) is 4.98 Å². The number of hydrogen-bond acceptors (Lipinski definition) is 4. The van der Waals surface area contributed by atoms with Crippen LogP contribution in [0.1, 0.15) is 44.0 Å². The molecule has 3 heterocycles. The lowest BCUT2D eigenvalue weighted by Gasteiger charge is -2.28. The largest absolute Gasteiger partial charge is 0.355 e. The SMILES string of the molecule is CCCc1cnc(C)nc1N1CC[C@H]2CC[C@@H](C1)N2C. The lowest BCUT2D eigenvalue weighted by molar-refractivity contribution is 0.254. The number of rotatable bonds is 3. The van der Waals surface area contributed by atoms with Crippen molar-refractivity contribution < 1.29 is 0 Å². The molecule has 0 radical (unpaired) electrons. The van der Waals surface area contributed by atoms with E-state index in [9.17, 15) is 0 Å². The first kappa shape index (κ1) is 13.8. The molecule has 2 aliphatic rings. The summed E-state index contributed by atoms with van der Waals surface area (Å²) < 4.78 is 0. The van der Waals surface area contributed by atoms with Crippen LogP contribution in [0.15, 0.2) is 6.20 Å². The Kier molecular flexibility index (Phi) is 3.92. The summed E-state index contributed by atoms with van der Waals surface area (Å²) in [6, 6.07) is 1.48. The van der Waals surface area contributed by atoms with E-state index in [-0.39, 0.29) is 0 Å². The van der Waals surface area contributed by atoms with Gasteiger partial charge in [-0.25, -0.2) is 9.97 Å². The van der Waals surface area contributed by atoms with Crippen LogP contribution in [0.2, 0.25) is 0 Å². The van der Waals surface area contributed by atoms with E-state index >= 15 is 0 Å². The Morgan fingerprint density at radius 3 is 2.85 bits per heavy atom. The number of aryl methyl sites for hydroxylation is 2. The predicted octanol–water partition coefficient (Wildman–Crippen LogP) is 2.41. The molecule has 2 bridgehead atoms. The number of fused-ring (bicyclic) bond motifs is 2. The number of hydrogen-bond donors (Lipinski definition) is 0. The topological polar surface area (TPSA) is 32.3 Å². The Balaban J connectivity index is 1.87. The van der Waals surface area contributed by atoms with E-state index in [1.807, 2.05) is 13.1 Å². The molecule has 0 saturated carbocycles. The quantitative estimate of drug-likeness (QED) is 0.847. The molecule has 20 heavy (non-hydrogen) atoms. The Hall–Kier alpha value is -1.16. The minimum Gasteiger partial charge on any atom is -0.355 e. The number of nitrogens with zero attached hydrogens (tertiary/aromatic N) is 4. The average molecular weight is 274 g/mol. The van der Waals surface area contributed by atoms with Crippen molar-refractivity contribution in [3.63, 3.8) is 0 Å². The van der Waals surface area contributed by atoms with Gasteiger partial charge in [0.05, 0.1) is 0 Å². The number of likely N-dealkylation sites (N-methyl/N-ethyl adjacent to an activating group) is 1. The Morgan fingerprint density at radius 2 is 2.05 bits per heavy atom. The molecule has 2 saturated heterocycles. The molecule has 4 heteroatoms.